The monoisotopic (exact) mass is 330 g/mol. The number of carbonyl (C=O) groups is 1. The molecule has 2 aromatic rings. The molecule has 1 aliphatic heterocycles. The Balaban J connectivity index is 1.70. The number of likely N-dealkylation sites (tertiary alicyclic amines) is 1. The molecule has 0 radical (unpaired) electrons. The lowest BCUT2D eigenvalue weighted by Crippen LogP contribution is -2.40. The van der Waals surface area contributed by atoms with Gasteiger partial charge in [0, 0.05) is 25.5 Å². The Bertz CT molecular complexity index is 706. The fourth-order valence-corrected chi connectivity index (χ4v) is 3.70. The minimum Gasteiger partial charge on any atom is -0.372 e. The third-order valence-corrected chi connectivity index (χ3v) is 4.99. The summed E-state index contributed by atoms with van der Waals surface area (Å²) in [5.41, 5.74) is 0.897. The first kappa shape index (κ1) is 16.1. The van der Waals surface area contributed by atoms with E-state index in [-0.39, 0.29) is 5.91 Å². The largest absolute Gasteiger partial charge is 0.372 e. The van der Waals surface area contributed by atoms with Crippen LogP contribution in [0.4, 0.5) is 5.82 Å². The molecular formula is C17H22N4OS. The van der Waals surface area contributed by atoms with Gasteiger partial charge in [0.25, 0.3) is 0 Å². The van der Waals surface area contributed by atoms with Crippen molar-refractivity contribution in [1.29, 1.82) is 0 Å². The molecule has 1 atom stereocenters. The molecule has 6 heteroatoms. The number of fused-ring (bicyclic) bond motifs is 1. The standard InChI is InChI=1S/C17H22N4OS/c1-12-6-5-9-21(10-12)15(22)11-23-17-19-14-8-4-3-7-13(14)16(18-2)20-17/h3-4,7-8,12H,5-6,9-11H2,1-2H3,(H,18,19,20)/t12-/m1/s1. The van der Waals surface area contributed by atoms with Gasteiger partial charge in [-0.1, -0.05) is 30.8 Å². The Hall–Kier alpha value is -1.82. The number of aromatic nitrogens is 2. The maximum atomic E-state index is 12.4. The van der Waals surface area contributed by atoms with Crippen LogP contribution in [0, 0.1) is 5.92 Å². The molecule has 1 fully saturated rings. The Morgan fingerprint density at radius 2 is 2.22 bits per heavy atom. The van der Waals surface area contributed by atoms with Crippen LogP contribution in [0.15, 0.2) is 29.4 Å². The lowest BCUT2D eigenvalue weighted by Gasteiger charge is -2.30. The second-order valence-electron chi connectivity index (χ2n) is 6.00. The first-order valence-electron chi connectivity index (χ1n) is 8.02. The fourth-order valence-electron chi connectivity index (χ4n) is 2.94. The number of amides is 1. The Kier molecular flexibility index (Phi) is 5.00. The highest BCUT2D eigenvalue weighted by Crippen LogP contribution is 2.24. The topological polar surface area (TPSA) is 58.1 Å². The number of anilines is 1. The average Bonchev–Trinajstić information content (AvgIpc) is 2.58. The molecule has 0 spiro atoms. The van der Waals surface area contributed by atoms with E-state index in [2.05, 4.69) is 22.2 Å². The summed E-state index contributed by atoms with van der Waals surface area (Å²) in [6, 6.07) is 7.90. The molecule has 0 saturated carbocycles. The van der Waals surface area contributed by atoms with Gasteiger partial charge in [0.1, 0.15) is 5.82 Å². The Morgan fingerprint density at radius 1 is 1.39 bits per heavy atom. The summed E-state index contributed by atoms with van der Waals surface area (Å²) in [5, 5.41) is 4.75. The number of rotatable bonds is 4. The molecule has 23 heavy (non-hydrogen) atoms. The first-order chi connectivity index (χ1) is 11.2. The highest BCUT2D eigenvalue weighted by Gasteiger charge is 2.21. The van der Waals surface area contributed by atoms with Crippen LogP contribution in [0.25, 0.3) is 10.9 Å². The van der Waals surface area contributed by atoms with E-state index in [1.54, 1.807) is 0 Å². The molecule has 3 rings (SSSR count). The van der Waals surface area contributed by atoms with Crippen LogP contribution in [-0.2, 0) is 4.79 Å². The van der Waals surface area contributed by atoms with E-state index < -0.39 is 0 Å². The van der Waals surface area contributed by atoms with Crippen LogP contribution in [-0.4, -0.2) is 46.7 Å². The van der Waals surface area contributed by atoms with Crippen molar-refractivity contribution in [3.05, 3.63) is 24.3 Å². The number of hydrogen-bond acceptors (Lipinski definition) is 5. The number of nitrogens with one attached hydrogen (secondary N) is 1. The number of benzene rings is 1. The number of piperidine rings is 1. The van der Waals surface area contributed by atoms with E-state index in [1.807, 2.05) is 36.2 Å². The summed E-state index contributed by atoms with van der Waals surface area (Å²) in [7, 11) is 1.85. The number of nitrogens with zero attached hydrogens (tertiary/aromatic N) is 3. The molecule has 0 bridgehead atoms. The van der Waals surface area contributed by atoms with Gasteiger partial charge in [-0.25, -0.2) is 9.97 Å². The van der Waals surface area contributed by atoms with Crippen molar-refractivity contribution in [3.63, 3.8) is 0 Å². The minimum absolute atomic E-state index is 0.185. The second kappa shape index (κ2) is 7.17. The molecule has 5 nitrogen and oxygen atoms in total. The van der Waals surface area contributed by atoms with Crippen molar-refractivity contribution < 1.29 is 4.79 Å². The SMILES string of the molecule is CNc1nc(SCC(=O)N2CCC[C@@H](C)C2)nc2ccccc12. The average molecular weight is 330 g/mol. The minimum atomic E-state index is 0.185. The Labute approximate surface area is 140 Å². The fraction of sp³-hybridized carbons (Fsp3) is 0.471. The smallest absolute Gasteiger partial charge is 0.233 e. The number of thioether (sulfide) groups is 1. The zero-order valence-corrected chi connectivity index (χ0v) is 14.4. The van der Waals surface area contributed by atoms with Gasteiger partial charge in [0.05, 0.1) is 11.3 Å². The van der Waals surface area contributed by atoms with Crippen molar-refractivity contribution in [2.24, 2.45) is 5.92 Å². The number of carbonyl (C=O) groups excluding carboxylic acids is 1. The lowest BCUT2D eigenvalue weighted by atomic mass is 10.0. The molecule has 2 heterocycles. The predicted octanol–water partition coefficient (Wildman–Crippen LogP) is 3.02. The van der Waals surface area contributed by atoms with Crippen LogP contribution in [0.2, 0.25) is 0 Å². The van der Waals surface area contributed by atoms with Crippen molar-refractivity contribution in [2.45, 2.75) is 24.9 Å². The van der Waals surface area contributed by atoms with Crippen LogP contribution in [0.1, 0.15) is 19.8 Å². The van der Waals surface area contributed by atoms with Crippen molar-refractivity contribution in [1.82, 2.24) is 14.9 Å². The molecular weight excluding hydrogens is 308 g/mol. The van der Waals surface area contributed by atoms with Crippen LogP contribution >= 0.6 is 11.8 Å². The second-order valence-corrected chi connectivity index (χ2v) is 6.94. The molecule has 122 valence electrons. The summed E-state index contributed by atoms with van der Waals surface area (Å²) in [6.45, 7) is 3.96. The lowest BCUT2D eigenvalue weighted by molar-refractivity contribution is -0.130. The maximum absolute atomic E-state index is 12.4. The van der Waals surface area contributed by atoms with Crippen molar-refractivity contribution in [2.75, 3.05) is 31.2 Å². The van der Waals surface area contributed by atoms with Gasteiger partial charge < -0.3 is 10.2 Å². The van der Waals surface area contributed by atoms with Gasteiger partial charge in [-0.05, 0) is 30.9 Å². The third-order valence-electron chi connectivity index (χ3n) is 4.15. The number of hydrogen-bond donors (Lipinski definition) is 1. The van der Waals surface area contributed by atoms with E-state index in [0.29, 0.717) is 16.8 Å². The Morgan fingerprint density at radius 3 is 3.00 bits per heavy atom. The molecule has 1 saturated heterocycles. The summed E-state index contributed by atoms with van der Waals surface area (Å²) >= 11 is 1.41. The number of para-hydroxylation sites is 1. The van der Waals surface area contributed by atoms with Gasteiger partial charge in [-0.3, -0.25) is 4.79 Å². The van der Waals surface area contributed by atoms with E-state index in [4.69, 9.17) is 0 Å². The van der Waals surface area contributed by atoms with Gasteiger partial charge in [-0.15, -0.1) is 0 Å². The van der Waals surface area contributed by atoms with Crippen LogP contribution in [0.3, 0.4) is 0 Å². The molecule has 1 aliphatic rings. The molecule has 1 aromatic heterocycles. The molecule has 0 unspecified atom stereocenters. The van der Waals surface area contributed by atoms with E-state index in [0.717, 1.165) is 36.2 Å². The van der Waals surface area contributed by atoms with E-state index in [9.17, 15) is 4.79 Å². The molecule has 1 amide bonds. The normalized spacial score (nSPS) is 18.2. The van der Waals surface area contributed by atoms with Gasteiger partial charge in [0.2, 0.25) is 5.91 Å². The van der Waals surface area contributed by atoms with Gasteiger partial charge in [0.15, 0.2) is 5.16 Å². The zero-order valence-electron chi connectivity index (χ0n) is 13.6. The predicted molar refractivity (Wildman–Crippen MR) is 94.8 cm³/mol. The van der Waals surface area contributed by atoms with Gasteiger partial charge in [-0.2, -0.15) is 0 Å². The van der Waals surface area contributed by atoms with Crippen molar-refractivity contribution in [3.8, 4) is 0 Å². The maximum Gasteiger partial charge on any atom is 0.233 e. The summed E-state index contributed by atoms with van der Waals surface area (Å²) in [5.74, 6) is 1.99. The van der Waals surface area contributed by atoms with Gasteiger partial charge >= 0.3 is 0 Å². The first-order valence-corrected chi connectivity index (χ1v) is 9.01. The highest BCUT2D eigenvalue weighted by molar-refractivity contribution is 7.99. The highest BCUT2D eigenvalue weighted by atomic mass is 32.2. The summed E-state index contributed by atoms with van der Waals surface area (Å²) in [4.78, 5) is 23.4. The molecule has 1 aromatic carbocycles. The summed E-state index contributed by atoms with van der Waals surface area (Å²) in [6.07, 6.45) is 2.32. The van der Waals surface area contributed by atoms with Crippen LogP contribution in [0.5, 0.6) is 0 Å². The van der Waals surface area contributed by atoms with Crippen LogP contribution < -0.4 is 5.32 Å². The molecule has 0 aliphatic carbocycles. The van der Waals surface area contributed by atoms with E-state index in [1.165, 1.54) is 18.2 Å². The third kappa shape index (κ3) is 3.75. The quantitative estimate of drug-likeness (QED) is 0.690. The summed E-state index contributed by atoms with van der Waals surface area (Å²) < 4.78 is 0. The van der Waals surface area contributed by atoms with Crippen molar-refractivity contribution >= 4 is 34.4 Å². The zero-order chi connectivity index (χ0) is 16.2. The van der Waals surface area contributed by atoms with E-state index >= 15 is 0 Å². The molecule has 1 N–H and O–H groups in total.